The van der Waals surface area contributed by atoms with Gasteiger partial charge in [-0.25, -0.2) is 0 Å². The fourth-order valence-electron chi connectivity index (χ4n) is 3.31. The molecule has 1 aliphatic heterocycles. The Morgan fingerprint density at radius 3 is 2.93 bits per heavy atom. The molecule has 1 spiro atoms. The zero-order valence-electron chi connectivity index (χ0n) is 8.42. The van der Waals surface area contributed by atoms with Crippen molar-refractivity contribution in [3.63, 3.8) is 0 Å². The zero-order chi connectivity index (χ0) is 9.43. The van der Waals surface area contributed by atoms with E-state index in [4.69, 9.17) is 0 Å². The Labute approximate surface area is 84.3 Å². The standard InChI is InChI=1S/C11H17N3/c1-2-5-11(4-1)8-12-7-9(11)10-3-6-13-14-10/h3,6,9,12H,1-2,4-5,7-8H2,(H,13,14). The van der Waals surface area contributed by atoms with E-state index >= 15 is 0 Å². The fraction of sp³-hybridized carbons (Fsp3) is 0.727. The van der Waals surface area contributed by atoms with E-state index in [1.54, 1.807) is 0 Å². The van der Waals surface area contributed by atoms with Crippen LogP contribution in [0.4, 0.5) is 0 Å². The lowest BCUT2D eigenvalue weighted by Crippen LogP contribution is -2.25. The Hall–Kier alpha value is -0.830. The SMILES string of the molecule is c1cc(C2CNCC23CCCC3)[nH]n1. The number of aromatic nitrogens is 2. The van der Waals surface area contributed by atoms with Gasteiger partial charge in [-0.3, -0.25) is 5.10 Å². The van der Waals surface area contributed by atoms with Gasteiger partial charge in [0.25, 0.3) is 0 Å². The highest BCUT2D eigenvalue weighted by Crippen LogP contribution is 2.50. The summed E-state index contributed by atoms with van der Waals surface area (Å²) in [6.07, 6.45) is 7.47. The summed E-state index contributed by atoms with van der Waals surface area (Å²) in [5.41, 5.74) is 1.88. The molecule has 14 heavy (non-hydrogen) atoms. The highest BCUT2D eigenvalue weighted by Gasteiger charge is 2.45. The van der Waals surface area contributed by atoms with Crippen LogP contribution < -0.4 is 5.32 Å². The first-order valence-corrected chi connectivity index (χ1v) is 5.61. The molecule has 2 N–H and O–H groups in total. The van der Waals surface area contributed by atoms with Gasteiger partial charge in [-0.15, -0.1) is 0 Å². The average molecular weight is 191 g/mol. The minimum absolute atomic E-state index is 0.548. The van der Waals surface area contributed by atoms with Gasteiger partial charge in [0, 0.05) is 30.9 Å². The van der Waals surface area contributed by atoms with E-state index in [1.807, 2.05) is 6.20 Å². The molecule has 2 fully saturated rings. The summed E-state index contributed by atoms with van der Waals surface area (Å²) >= 11 is 0. The van der Waals surface area contributed by atoms with Gasteiger partial charge in [-0.2, -0.15) is 5.10 Å². The topological polar surface area (TPSA) is 40.7 Å². The quantitative estimate of drug-likeness (QED) is 0.708. The van der Waals surface area contributed by atoms with Crippen molar-refractivity contribution in [2.75, 3.05) is 13.1 Å². The van der Waals surface area contributed by atoms with E-state index in [1.165, 1.54) is 37.9 Å². The van der Waals surface area contributed by atoms with Crippen molar-refractivity contribution in [2.45, 2.75) is 31.6 Å². The monoisotopic (exact) mass is 191 g/mol. The summed E-state index contributed by atoms with van der Waals surface area (Å²) in [7, 11) is 0. The first-order valence-electron chi connectivity index (χ1n) is 5.61. The third-order valence-corrected chi connectivity index (χ3v) is 4.06. The Bertz CT molecular complexity index is 293. The maximum Gasteiger partial charge on any atom is 0.0490 e. The number of H-pyrrole nitrogens is 1. The summed E-state index contributed by atoms with van der Waals surface area (Å²) in [4.78, 5) is 0. The first kappa shape index (κ1) is 8.48. The number of nitrogens with zero attached hydrogens (tertiary/aromatic N) is 1. The highest BCUT2D eigenvalue weighted by molar-refractivity contribution is 5.16. The molecular formula is C11H17N3. The molecule has 1 saturated carbocycles. The van der Waals surface area contributed by atoms with Gasteiger partial charge in [0.15, 0.2) is 0 Å². The predicted molar refractivity (Wildman–Crippen MR) is 55.1 cm³/mol. The van der Waals surface area contributed by atoms with E-state index in [0.29, 0.717) is 11.3 Å². The van der Waals surface area contributed by atoms with Gasteiger partial charge in [0.1, 0.15) is 0 Å². The number of nitrogens with one attached hydrogen (secondary N) is 2. The van der Waals surface area contributed by atoms with E-state index < -0.39 is 0 Å². The molecule has 0 amide bonds. The fourth-order valence-corrected chi connectivity index (χ4v) is 3.31. The van der Waals surface area contributed by atoms with Crippen molar-refractivity contribution in [1.29, 1.82) is 0 Å². The molecule has 2 aliphatic rings. The summed E-state index contributed by atoms with van der Waals surface area (Å²) < 4.78 is 0. The molecule has 3 nitrogen and oxygen atoms in total. The second-order valence-corrected chi connectivity index (χ2v) is 4.76. The summed E-state index contributed by atoms with van der Waals surface area (Å²) in [5.74, 6) is 0.674. The van der Waals surface area contributed by atoms with E-state index in [2.05, 4.69) is 21.6 Å². The van der Waals surface area contributed by atoms with Crippen LogP contribution in [0, 0.1) is 5.41 Å². The van der Waals surface area contributed by atoms with Crippen LogP contribution in [0.1, 0.15) is 37.3 Å². The number of hydrogen-bond acceptors (Lipinski definition) is 2. The zero-order valence-corrected chi connectivity index (χ0v) is 8.42. The van der Waals surface area contributed by atoms with Gasteiger partial charge in [-0.05, 0) is 24.3 Å². The maximum absolute atomic E-state index is 4.07. The van der Waals surface area contributed by atoms with E-state index in [0.717, 1.165) is 6.54 Å². The minimum Gasteiger partial charge on any atom is -0.315 e. The third-order valence-electron chi connectivity index (χ3n) is 4.06. The average Bonchev–Trinajstić information content (AvgIpc) is 2.91. The molecule has 1 aliphatic carbocycles. The van der Waals surface area contributed by atoms with Crippen LogP contribution in [0.2, 0.25) is 0 Å². The molecule has 1 saturated heterocycles. The third kappa shape index (κ3) is 1.12. The molecule has 2 heterocycles. The molecule has 1 atom stereocenters. The summed E-state index contributed by atoms with van der Waals surface area (Å²) in [5, 5.41) is 10.8. The molecule has 76 valence electrons. The van der Waals surface area contributed by atoms with Gasteiger partial charge in [0.05, 0.1) is 0 Å². The first-order chi connectivity index (χ1) is 6.91. The second kappa shape index (κ2) is 3.09. The number of rotatable bonds is 1. The Morgan fingerprint density at radius 1 is 1.36 bits per heavy atom. The van der Waals surface area contributed by atoms with Crippen LogP contribution in [-0.4, -0.2) is 23.3 Å². The van der Waals surface area contributed by atoms with Crippen LogP contribution in [0.25, 0.3) is 0 Å². The molecule has 3 heteroatoms. The Kier molecular flexibility index (Phi) is 1.87. The van der Waals surface area contributed by atoms with Crippen molar-refractivity contribution >= 4 is 0 Å². The van der Waals surface area contributed by atoms with Crippen LogP contribution in [0.5, 0.6) is 0 Å². The summed E-state index contributed by atoms with van der Waals surface area (Å²) in [6.45, 7) is 2.33. The van der Waals surface area contributed by atoms with Crippen LogP contribution in [0.15, 0.2) is 12.3 Å². The molecule has 0 aromatic carbocycles. The number of hydrogen-bond donors (Lipinski definition) is 2. The Morgan fingerprint density at radius 2 is 2.21 bits per heavy atom. The second-order valence-electron chi connectivity index (χ2n) is 4.76. The van der Waals surface area contributed by atoms with Crippen LogP contribution in [-0.2, 0) is 0 Å². The molecule has 3 rings (SSSR count). The highest BCUT2D eigenvalue weighted by atomic mass is 15.1. The number of aromatic amines is 1. The smallest absolute Gasteiger partial charge is 0.0490 e. The van der Waals surface area contributed by atoms with Crippen molar-refractivity contribution < 1.29 is 0 Å². The van der Waals surface area contributed by atoms with E-state index in [9.17, 15) is 0 Å². The van der Waals surface area contributed by atoms with Crippen molar-refractivity contribution in [3.8, 4) is 0 Å². The maximum atomic E-state index is 4.07. The van der Waals surface area contributed by atoms with Crippen molar-refractivity contribution in [3.05, 3.63) is 18.0 Å². The van der Waals surface area contributed by atoms with E-state index in [-0.39, 0.29) is 0 Å². The Balaban J connectivity index is 1.91. The lowest BCUT2D eigenvalue weighted by atomic mass is 9.75. The minimum atomic E-state index is 0.548. The molecule has 1 unspecified atom stereocenters. The van der Waals surface area contributed by atoms with Gasteiger partial charge >= 0.3 is 0 Å². The normalized spacial score (nSPS) is 30.1. The summed E-state index contributed by atoms with van der Waals surface area (Å²) in [6, 6.07) is 2.14. The molecule has 0 radical (unpaired) electrons. The predicted octanol–water partition coefficient (Wildman–Crippen LogP) is 1.66. The van der Waals surface area contributed by atoms with Crippen molar-refractivity contribution in [2.24, 2.45) is 5.41 Å². The van der Waals surface area contributed by atoms with Gasteiger partial charge < -0.3 is 5.32 Å². The lowest BCUT2D eigenvalue weighted by Gasteiger charge is -2.28. The molecule has 1 aromatic rings. The lowest BCUT2D eigenvalue weighted by molar-refractivity contribution is 0.291. The molecular weight excluding hydrogens is 174 g/mol. The van der Waals surface area contributed by atoms with Crippen molar-refractivity contribution in [1.82, 2.24) is 15.5 Å². The van der Waals surface area contributed by atoms with Crippen LogP contribution >= 0.6 is 0 Å². The molecule has 1 aromatic heterocycles. The largest absolute Gasteiger partial charge is 0.315 e. The molecule has 0 bridgehead atoms. The van der Waals surface area contributed by atoms with Gasteiger partial charge in [-0.1, -0.05) is 12.8 Å². The van der Waals surface area contributed by atoms with Gasteiger partial charge in [0.2, 0.25) is 0 Å². The van der Waals surface area contributed by atoms with Crippen LogP contribution in [0.3, 0.4) is 0 Å².